The molecule has 0 bridgehead atoms. The average Bonchev–Trinajstić information content (AvgIpc) is 2.66. The van der Waals surface area contributed by atoms with Crippen LogP contribution in [0.1, 0.15) is 48.5 Å². The Labute approximate surface area is 148 Å². The maximum absolute atomic E-state index is 2.45. The summed E-state index contributed by atoms with van der Waals surface area (Å²) in [4.78, 5) is 0. The van der Waals surface area contributed by atoms with Gasteiger partial charge in [-0.15, -0.1) is 24.8 Å². The van der Waals surface area contributed by atoms with E-state index in [4.69, 9.17) is 0 Å². The van der Waals surface area contributed by atoms with Gasteiger partial charge in [-0.1, -0.05) is 0 Å². The van der Waals surface area contributed by atoms with Crippen molar-refractivity contribution in [3.05, 3.63) is 40.5 Å². The Morgan fingerprint density at radius 2 is 1.35 bits per heavy atom. The SMILES string of the molecule is CC1=CC(C)[C]([Zr][C]2=C(C)C(C)=C(C)C2C)=C1C.Cl.Cl. The van der Waals surface area contributed by atoms with Gasteiger partial charge in [-0.2, -0.15) is 0 Å². The molecule has 0 aliphatic heterocycles. The van der Waals surface area contributed by atoms with E-state index < -0.39 is 23.2 Å². The van der Waals surface area contributed by atoms with Crippen LogP contribution >= 0.6 is 24.8 Å². The molecule has 0 amide bonds. The Morgan fingerprint density at radius 1 is 0.800 bits per heavy atom. The van der Waals surface area contributed by atoms with E-state index in [9.17, 15) is 0 Å². The first kappa shape index (κ1) is 20.4. The Balaban J connectivity index is 0.00000180. The zero-order chi connectivity index (χ0) is 13.6. The molecule has 20 heavy (non-hydrogen) atoms. The molecule has 2 atom stereocenters. The molecule has 2 aliphatic rings. The Bertz CT molecular complexity index is 521. The van der Waals surface area contributed by atoms with Gasteiger partial charge in [0.1, 0.15) is 0 Å². The summed E-state index contributed by atoms with van der Waals surface area (Å²) < 4.78 is 3.62. The molecular weight excluding hydrogens is 366 g/mol. The average molecular weight is 393 g/mol. The third-order valence-electron chi connectivity index (χ3n) is 4.86. The third-order valence-corrected chi connectivity index (χ3v) is 10.2. The van der Waals surface area contributed by atoms with E-state index >= 15 is 0 Å². The van der Waals surface area contributed by atoms with E-state index in [0.29, 0.717) is 11.8 Å². The van der Waals surface area contributed by atoms with Crippen LogP contribution in [0.15, 0.2) is 40.5 Å². The van der Waals surface area contributed by atoms with Gasteiger partial charge in [0.05, 0.1) is 0 Å². The van der Waals surface area contributed by atoms with Crippen molar-refractivity contribution in [2.75, 3.05) is 0 Å². The fourth-order valence-corrected chi connectivity index (χ4v) is 7.47. The minimum atomic E-state index is -0.575. The van der Waals surface area contributed by atoms with Crippen LogP contribution in [0.2, 0.25) is 0 Å². The maximum atomic E-state index is 2.45. The molecule has 0 fully saturated rings. The van der Waals surface area contributed by atoms with Gasteiger partial charge in [0.2, 0.25) is 0 Å². The first-order valence-corrected chi connectivity index (χ1v) is 9.35. The second-order valence-corrected chi connectivity index (χ2v) is 9.13. The second kappa shape index (κ2) is 7.61. The predicted molar refractivity (Wildman–Crippen MR) is 90.4 cm³/mol. The van der Waals surface area contributed by atoms with Gasteiger partial charge in [-0.05, 0) is 0 Å². The maximum Gasteiger partial charge on any atom is -0.147 e. The molecule has 0 aromatic carbocycles. The van der Waals surface area contributed by atoms with Gasteiger partial charge in [0.25, 0.3) is 0 Å². The molecule has 0 nitrogen and oxygen atoms in total. The van der Waals surface area contributed by atoms with E-state index in [0.717, 1.165) is 0 Å². The summed E-state index contributed by atoms with van der Waals surface area (Å²) in [5.41, 5.74) is 7.90. The molecule has 0 aromatic rings. The quantitative estimate of drug-likeness (QED) is 0.537. The molecule has 112 valence electrons. The number of hydrogen-bond acceptors (Lipinski definition) is 0. The summed E-state index contributed by atoms with van der Waals surface area (Å²) in [5.74, 6) is 1.41. The Morgan fingerprint density at radius 3 is 1.70 bits per heavy atom. The van der Waals surface area contributed by atoms with Crippen LogP contribution in [0.25, 0.3) is 0 Å². The van der Waals surface area contributed by atoms with Crippen LogP contribution in [0, 0.1) is 11.8 Å². The van der Waals surface area contributed by atoms with Crippen molar-refractivity contribution in [1.82, 2.24) is 0 Å². The molecule has 0 N–H and O–H groups in total. The summed E-state index contributed by atoms with van der Waals surface area (Å²) >= 11 is -0.575. The van der Waals surface area contributed by atoms with Crippen molar-refractivity contribution < 1.29 is 23.2 Å². The van der Waals surface area contributed by atoms with Crippen LogP contribution in [-0.4, -0.2) is 0 Å². The van der Waals surface area contributed by atoms with Crippen LogP contribution in [-0.2, 0) is 23.2 Å². The summed E-state index contributed by atoms with van der Waals surface area (Å²) in [5, 5.41) is 0. The minimum absolute atomic E-state index is 0. The summed E-state index contributed by atoms with van der Waals surface area (Å²) in [6, 6.07) is 0. The van der Waals surface area contributed by atoms with E-state index in [1.54, 1.807) is 25.6 Å². The molecule has 2 aliphatic carbocycles. The molecule has 0 saturated carbocycles. The zero-order valence-electron chi connectivity index (χ0n) is 13.5. The fourth-order valence-electron chi connectivity index (χ4n) is 3.06. The fraction of sp³-hybridized carbons (Fsp3) is 0.529. The first-order valence-electron chi connectivity index (χ1n) is 6.89. The number of halogens is 2. The Hall–Kier alpha value is 0.423. The van der Waals surface area contributed by atoms with Gasteiger partial charge in [-0.3, -0.25) is 0 Å². The molecule has 2 unspecified atom stereocenters. The van der Waals surface area contributed by atoms with Crippen molar-refractivity contribution in [2.24, 2.45) is 11.8 Å². The number of hydrogen-bond donors (Lipinski definition) is 0. The molecule has 0 saturated heterocycles. The van der Waals surface area contributed by atoms with Crippen molar-refractivity contribution >= 4 is 24.8 Å². The first-order chi connectivity index (χ1) is 8.34. The molecule has 0 radical (unpaired) electrons. The van der Waals surface area contributed by atoms with Gasteiger partial charge in [-0.25, -0.2) is 0 Å². The van der Waals surface area contributed by atoms with Crippen LogP contribution in [0.5, 0.6) is 0 Å². The van der Waals surface area contributed by atoms with E-state index in [1.807, 2.05) is 3.28 Å². The van der Waals surface area contributed by atoms with Crippen molar-refractivity contribution in [3.8, 4) is 0 Å². The van der Waals surface area contributed by atoms with Crippen LogP contribution in [0.3, 0.4) is 0 Å². The summed E-state index contributed by atoms with van der Waals surface area (Å²) in [7, 11) is 0. The molecule has 0 heterocycles. The van der Waals surface area contributed by atoms with E-state index in [2.05, 4.69) is 54.5 Å². The largest absolute Gasteiger partial charge is 0.147 e. The van der Waals surface area contributed by atoms with Crippen molar-refractivity contribution in [2.45, 2.75) is 48.5 Å². The molecule has 0 aromatic heterocycles. The molecular formula is C17H26Cl2Zr. The standard InChI is InChI=1S/C9H13.C8H11.2ClH.Zr/c1-6-5-7(2)9(4)8(6)3;1-6-4-7(2)8(3)5-6;;;/h6H,1-4H3;4,6H,1-3H3;2*1H;. The van der Waals surface area contributed by atoms with Crippen molar-refractivity contribution in [3.63, 3.8) is 0 Å². The van der Waals surface area contributed by atoms with Gasteiger partial charge >= 0.3 is 124 Å². The smallest absolute Gasteiger partial charge is 0.147 e. The van der Waals surface area contributed by atoms with Gasteiger partial charge in [0, 0.05) is 0 Å². The minimum Gasteiger partial charge on any atom is -0.147 e. The second-order valence-electron chi connectivity index (χ2n) is 5.87. The molecule has 2 rings (SSSR count). The van der Waals surface area contributed by atoms with Crippen molar-refractivity contribution in [1.29, 1.82) is 0 Å². The Kier molecular flexibility index (Phi) is 7.78. The monoisotopic (exact) mass is 390 g/mol. The van der Waals surface area contributed by atoms with Crippen LogP contribution in [0.4, 0.5) is 0 Å². The van der Waals surface area contributed by atoms with Crippen LogP contribution < -0.4 is 0 Å². The number of rotatable bonds is 2. The van der Waals surface area contributed by atoms with E-state index in [1.165, 1.54) is 5.57 Å². The molecule has 3 heteroatoms. The number of allylic oxidation sites excluding steroid dienone is 8. The van der Waals surface area contributed by atoms with Gasteiger partial charge in [0.15, 0.2) is 0 Å². The topological polar surface area (TPSA) is 0 Å². The molecule has 0 spiro atoms. The summed E-state index contributed by atoms with van der Waals surface area (Å²) in [6.45, 7) is 16.3. The normalized spacial score (nSPS) is 25.6. The third kappa shape index (κ3) is 3.42. The predicted octanol–water partition coefficient (Wildman–Crippen LogP) is 6.04. The van der Waals surface area contributed by atoms with E-state index in [-0.39, 0.29) is 24.8 Å². The zero-order valence-corrected chi connectivity index (χ0v) is 17.6. The summed E-state index contributed by atoms with van der Waals surface area (Å²) in [6.07, 6.45) is 2.45. The van der Waals surface area contributed by atoms with Gasteiger partial charge < -0.3 is 0 Å².